The van der Waals surface area contributed by atoms with Crippen molar-refractivity contribution in [2.75, 3.05) is 0 Å². The van der Waals surface area contributed by atoms with Gasteiger partial charge in [-0.3, -0.25) is 4.79 Å². The normalized spacial score (nSPS) is 10.6. The zero-order valence-corrected chi connectivity index (χ0v) is 9.03. The van der Waals surface area contributed by atoms with E-state index >= 15 is 0 Å². The zero-order valence-electron chi connectivity index (χ0n) is 9.03. The van der Waals surface area contributed by atoms with Gasteiger partial charge >= 0.3 is 5.97 Å². The molecular formula is C12H16O3. The molecule has 0 aliphatic carbocycles. The van der Waals surface area contributed by atoms with Crippen LogP contribution >= 0.6 is 0 Å². The van der Waals surface area contributed by atoms with Crippen molar-refractivity contribution in [3.8, 4) is 5.75 Å². The van der Waals surface area contributed by atoms with Gasteiger partial charge < -0.3 is 10.2 Å². The molecule has 0 amide bonds. The Labute approximate surface area is 89.4 Å². The van der Waals surface area contributed by atoms with E-state index in [-0.39, 0.29) is 18.1 Å². The van der Waals surface area contributed by atoms with E-state index in [4.69, 9.17) is 5.11 Å². The standard InChI is InChI=1S/C12H16O3/c1-8(2)10-5-3-4-9(12(10)15)6-7-11(13)14/h3-5,8,15H,6-7H2,1-2H3,(H,13,14). The highest BCUT2D eigenvalue weighted by Crippen LogP contribution is 2.29. The van der Waals surface area contributed by atoms with E-state index < -0.39 is 5.97 Å². The van der Waals surface area contributed by atoms with Gasteiger partial charge in [-0.1, -0.05) is 32.0 Å². The van der Waals surface area contributed by atoms with Gasteiger partial charge in [0.05, 0.1) is 0 Å². The van der Waals surface area contributed by atoms with Crippen molar-refractivity contribution in [2.24, 2.45) is 0 Å². The van der Waals surface area contributed by atoms with Gasteiger partial charge in [-0.25, -0.2) is 0 Å². The third kappa shape index (κ3) is 2.98. The Kier molecular flexibility index (Phi) is 3.72. The fraction of sp³-hybridized carbons (Fsp3) is 0.417. The molecule has 82 valence electrons. The SMILES string of the molecule is CC(C)c1cccc(CCC(=O)O)c1O. The number of carboxylic acid groups (broad SMARTS) is 1. The first-order chi connectivity index (χ1) is 7.02. The van der Waals surface area contributed by atoms with Gasteiger partial charge in [0.25, 0.3) is 0 Å². The zero-order chi connectivity index (χ0) is 11.4. The average Bonchev–Trinajstić information content (AvgIpc) is 2.15. The maximum Gasteiger partial charge on any atom is 0.303 e. The molecular weight excluding hydrogens is 192 g/mol. The second kappa shape index (κ2) is 4.82. The van der Waals surface area contributed by atoms with Crippen LogP contribution in [0.25, 0.3) is 0 Å². The summed E-state index contributed by atoms with van der Waals surface area (Å²) in [6.07, 6.45) is 0.427. The first-order valence-corrected chi connectivity index (χ1v) is 5.05. The van der Waals surface area contributed by atoms with Crippen molar-refractivity contribution >= 4 is 5.97 Å². The molecule has 0 saturated carbocycles. The lowest BCUT2D eigenvalue weighted by Crippen LogP contribution is -1.99. The van der Waals surface area contributed by atoms with E-state index in [1.54, 1.807) is 6.07 Å². The molecule has 0 unspecified atom stereocenters. The van der Waals surface area contributed by atoms with Crippen LogP contribution in [0.1, 0.15) is 37.3 Å². The van der Waals surface area contributed by atoms with Crippen LogP contribution in [0.2, 0.25) is 0 Å². The van der Waals surface area contributed by atoms with E-state index in [9.17, 15) is 9.90 Å². The van der Waals surface area contributed by atoms with Gasteiger partial charge in [-0.05, 0) is 23.5 Å². The molecule has 2 N–H and O–H groups in total. The van der Waals surface area contributed by atoms with E-state index in [0.29, 0.717) is 12.0 Å². The summed E-state index contributed by atoms with van der Waals surface area (Å²) in [6, 6.07) is 5.49. The highest BCUT2D eigenvalue weighted by Gasteiger charge is 2.10. The van der Waals surface area contributed by atoms with Crippen LogP contribution < -0.4 is 0 Å². The van der Waals surface area contributed by atoms with E-state index in [1.165, 1.54) is 0 Å². The predicted molar refractivity (Wildman–Crippen MR) is 58.2 cm³/mol. The lowest BCUT2D eigenvalue weighted by Gasteiger charge is -2.11. The summed E-state index contributed by atoms with van der Waals surface area (Å²) >= 11 is 0. The van der Waals surface area contributed by atoms with Crippen LogP contribution in [0.3, 0.4) is 0 Å². The van der Waals surface area contributed by atoms with Crippen LogP contribution in [-0.2, 0) is 11.2 Å². The first-order valence-electron chi connectivity index (χ1n) is 5.05. The molecule has 0 aliphatic rings. The summed E-state index contributed by atoms with van der Waals surface area (Å²) < 4.78 is 0. The van der Waals surface area contributed by atoms with Crippen LogP contribution in [0.4, 0.5) is 0 Å². The molecule has 0 aliphatic heterocycles. The summed E-state index contributed by atoms with van der Waals surface area (Å²) in [4.78, 5) is 10.4. The lowest BCUT2D eigenvalue weighted by molar-refractivity contribution is -0.136. The van der Waals surface area contributed by atoms with Crippen LogP contribution in [0.15, 0.2) is 18.2 Å². The smallest absolute Gasteiger partial charge is 0.303 e. The van der Waals surface area contributed by atoms with Crippen LogP contribution in [0, 0.1) is 0 Å². The molecule has 0 fully saturated rings. The Hall–Kier alpha value is -1.51. The summed E-state index contributed by atoms with van der Waals surface area (Å²) in [5.74, 6) is -0.354. The summed E-state index contributed by atoms with van der Waals surface area (Å²) in [5.41, 5.74) is 1.58. The summed E-state index contributed by atoms with van der Waals surface area (Å²) in [5, 5.41) is 18.4. The molecule has 0 heterocycles. The molecule has 15 heavy (non-hydrogen) atoms. The van der Waals surface area contributed by atoms with Crippen molar-refractivity contribution in [3.05, 3.63) is 29.3 Å². The number of phenols is 1. The molecule has 0 saturated heterocycles. The monoisotopic (exact) mass is 208 g/mol. The predicted octanol–water partition coefficient (Wildman–Crippen LogP) is 2.53. The molecule has 0 aromatic heterocycles. The number of carboxylic acids is 1. The van der Waals surface area contributed by atoms with Gasteiger partial charge in [0.2, 0.25) is 0 Å². The molecule has 0 bridgehead atoms. The van der Waals surface area contributed by atoms with Crippen LogP contribution in [-0.4, -0.2) is 16.2 Å². The number of aryl methyl sites for hydroxylation is 1. The minimum atomic E-state index is -0.843. The number of rotatable bonds is 4. The van der Waals surface area contributed by atoms with Gasteiger partial charge in [-0.15, -0.1) is 0 Å². The minimum absolute atomic E-state index is 0.0507. The third-order valence-corrected chi connectivity index (χ3v) is 2.38. The minimum Gasteiger partial charge on any atom is -0.507 e. The second-order valence-corrected chi connectivity index (χ2v) is 3.90. The number of para-hydroxylation sites is 1. The van der Waals surface area contributed by atoms with Gasteiger partial charge in [-0.2, -0.15) is 0 Å². The van der Waals surface area contributed by atoms with Gasteiger partial charge in [0.15, 0.2) is 0 Å². The van der Waals surface area contributed by atoms with E-state index in [1.807, 2.05) is 26.0 Å². The number of benzene rings is 1. The van der Waals surface area contributed by atoms with E-state index in [2.05, 4.69) is 0 Å². The Bertz CT molecular complexity index is 356. The highest BCUT2D eigenvalue weighted by molar-refractivity contribution is 5.67. The van der Waals surface area contributed by atoms with Crippen molar-refractivity contribution < 1.29 is 15.0 Å². The molecule has 3 nitrogen and oxygen atoms in total. The number of hydrogen-bond donors (Lipinski definition) is 2. The summed E-state index contributed by atoms with van der Waals surface area (Å²) in [6.45, 7) is 3.99. The molecule has 0 radical (unpaired) electrons. The number of aliphatic carboxylic acids is 1. The fourth-order valence-electron chi connectivity index (χ4n) is 1.52. The van der Waals surface area contributed by atoms with Gasteiger partial charge in [0.1, 0.15) is 5.75 Å². The Morgan fingerprint density at radius 2 is 2.07 bits per heavy atom. The van der Waals surface area contributed by atoms with Crippen molar-refractivity contribution in [1.29, 1.82) is 0 Å². The Balaban J connectivity index is 2.89. The maximum atomic E-state index is 10.4. The maximum absolute atomic E-state index is 10.4. The third-order valence-electron chi connectivity index (χ3n) is 2.38. The molecule has 0 spiro atoms. The van der Waals surface area contributed by atoms with Gasteiger partial charge in [0, 0.05) is 6.42 Å². The quantitative estimate of drug-likeness (QED) is 0.799. The number of carbonyl (C=O) groups is 1. The number of hydrogen-bond acceptors (Lipinski definition) is 2. The topological polar surface area (TPSA) is 57.5 Å². The Morgan fingerprint density at radius 3 is 2.60 bits per heavy atom. The molecule has 3 heteroatoms. The molecule has 1 aromatic carbocycles. The fourth-order valence-corrected chi connectivity index (χ4v) is 1.52. The highest BCUT2D eigenvalue weighted by atomic mass is 16.4. The largest absolute Gasteiger partial charge is 0.507 e. The molecule has 1 rings (SSSR count). The first kappa shape index (κ1) is 11.6. The molecule has 0 atom stereocenters. The van der Waals surface area contributed by atoms with Crippen molar-refractivity contribution in [3.63, 3.8) is 0 Å². The lowest BCUT2D eigenvalue weighted by atomic mass is 9.97. The van der Waals surface area contributed by atoms with Crippen LogP contribution in [0.5, 0.6) is 5.75 Å². The van der Waals surface area contributed by atoms with Crippen molar-refractivity contribution in [1.82, 2.24) is 0 Å². The summed E-state index contributed by atoms with van der Waals surface area (Å²) in [7, 11) is 0. The number of aromatic hydroxyl groups is 1. The average molecular weight is 208 g/mol. The molecule has 1 aromatic rings. The van der Waals surface area contributed by atoms with Crippen molar-refractivity contribution in [2.45, 2.75) is 32.6 Å². The number of phenolic OH excluding ortho intramolecular Hbond substituents is 1. The Morgan fingerprint density at radius 1 is 1.40 bits per heavy atom. The second-order valence-electron chi connectivity index (χ2n) is 3.90. The van der Waals surface area contributed by atoms with E-state index in [0.717, 1.165) is 5.56 Å².